The van der Waals surface area contributed by atoms with E-state index in [-0.39, 0.29) is 53.3 Å². The Morgan fingerprint density at radius 2 is 1.35 bits per heavy atom. The Kier molecular flexibility index (Phi) is 9.03. The van der Waals surface area contributed by atoms with E-state index in [4.69, 9.17) is 4.74 Å². The molecule has 0 saturated carbocycles. The zero-order valence-corrected chi connectivity index (χ0v) is 25.7. The number of amides is 2. The van der Waals surface area contributed by atoms with Gasteiger partial charge in [0, 0.05) is 31.4 Å². The van der Waals surface area contributed by atoms with Crippen molar-refractivity contribution in [2.45, 2.75) is 37.3 Å². The third-order valence-electron chi connectivity index (χ3n) is 8.33. The molecule has 51 heavy (non-hydrogen) atoms. The fraction of sp³-hybridized carbons (Fsp3) is 0.235. The molecule has 1 saturated heterocycles. The van der Waals surface area contributed by atoms with Gasteiger partial charge in [-0.3, -0.25) is 19.5 Å². The lowest BCUT2D eigenvalue weighted by atomic mass is 9.99. The van der Waals surface area contributed by atoms with Crippen LogP contribution in [0.25, 0.3) is 22.3 Å². The van der Waals surface area contributed by atoms with Crippen LogP contribution in [0.3, 0.4) is 0 Å². The molecule has 3 aromatic carbocycles. The third-order valence-corrected chi connectivity index (χ3v) is 8.33. The van der Waals surface area contributed by atoms with Crippen molar-refractivity contribution in [1.82, 2.24) is 14.8 Å². The van der Waals surface area contributed by atoms with Crippen LogP contribution in [0.15, 0.2) is 85.1 Å². The number of hydrogen-bond acceptors (Lipinski definition) is 6. The molecule has 266 valence electrons. The zero-order chi connectivity index (χ0) is 36.9. The van der Waals surface area contributed by atoms with E-state index in [0.717, 1.165) is 29.2 Å². The number of nitrogens with one attached hydrogen (secondary N) is 1. The fourth-order valence-corrected chi connectivity index (χ4v) is 5.86. The topological polar surface area (TPSA) is 91.8 Å². The summed E-state index contributed by atoms with van der Waals surface area (Å²) in [5, 5.41) is 2.46. The Labute approximate surface area is 282 Å². The van der Waals surface area contributed by atoms with Crippen molar-refractivity contribution < 1.29 is 58.6 Å². The highest BCUT2D eigenvalue weighted by Crippen LogP contribution is 2.36. The van der Waals surface area contributed by atoms with Crippen LogP contribution in [0.4, 0.5) is 45.2 Å². The highest BCUT2D eigenvalue weighted by atomic mass is 19.4. The molecule has 0 bridgehead atoms. The number of carbonyl (C=O) groups excluding carboxylic acids is 3. The second-order valence-electron chi connectivity index (χ2n) is 11.7. The lowest BCUT2D eigenvalue weighted by Crippen LogP contribution is -2.65. The Hall–Kier alpha value is -5.45. The number of ether oxygens (including phenoxy) is 1. The molecule has 2 aliphatic heterocycles. The molecular weight excluding hydrogens is 699 g/mol. The molecule has 1 aromatic heterocycles. The van der Waals surface area contributed by atoms with Gasteiger partial charge in [0.15, 0.2) is 12.3 Å². The highest BCUT2D eigenvalue weighted by Gasteiger charge is 2.51. The molecule has 0 radical (unpaired) electrons. The van der Waals surface area contributed by atoms with Gasteiger partial charge in [0.1, 0.15) is 0 Å². The van der Waals surface area contributed by atoms with E-state index in [0.29, 0.717) is 5.56 Å². The summed E-state index contributed by atoms with van der Waals surface area (Å²) < 4.78 is 125. The number of fused-ring (bicyclic) bond motifs is 2. The monoisotopic (exact) mass is 722 g/mol. The molecule has 3 heterocycles. The van der Waals surface area contributed by atoms with Crippen LogP contribution in [0.1, 0.15) is 27.2 Å². The molecule has 0 spiro atoms. The van der Waals surface area contributed by atoms with Crippen molar-refractivity contribution in [3.05, 3.63) is 107 Å². The molecule has 6 rings (SSSR count). The van der Waals surface area contributed by atoms with Crippen LogP contribution in [-0.2, 0) is 33.2 Å². The van der Waals surface area contributed by atoms with Gasteiger partial charge in [0.25, 0.3) is 11.8 Å². The largest absolute Gasteiger partial charge is 0.490 e. The predicted molar refractivity (Wildman–Crippen MR) is 161 cm³/mol. The number of anilines is 1. The van der Waals surface area contributed by atoms with Crippen LogP contribution < -0.4 is 5.32 Å². The molecule has 4 aromatic rings. The summed E-state index contributed by atoms with van der Waals surface area (Å²) in [6.45, 7) is -0.797. The standard InChI is InChI=1S/C34H23F9N4O4/c35-32(36,37)22-5-1-3-18(13-22)20-8-10-26-25(15-20)29(49)47-12-11-46(30(27(47)28(48)45-26)51-31(50)34(41,42)43)17-24-9-7-21(16-44-24)19-4-2-6-23(14-19)33(38,39)40/h1-10,13-16,27,30H,11-12,17H2,(H,45,48). The van der Waals surface area contributed by atoms with E-state index in [1.54, 1.807) is 0 Å². The number of halogens is 9. The van der Waals surface area contributed by atoms with Crippen molar-refractivity contribution in [2.24, 2.45) is 0 Å². The fourth-order valence-electron chi connectivity index (χ4n) is 5.86. The molecule has 2 amide bonds. The summed E-state index contributed by atoms with van der Waals surface area (Å²) in [6, 6.07) is 13.6. The summed E-state index contributed by atoms with van der Waals surface area (Å²) in [5.41, 5.74) is -1.12. The van der Waals surface area contributed by atoms with Crippen molar-refractivity contribution in [3.63, 3.8) is 0 Å². The number of pyridine rings is 1. The predicted octanol–water partition coefficient (Wildman–Crippen LogP) is 7.16. The summed E-state index contributed by atoms with van der Waals surface area (Å²) >= 11 is 0. The Bertz CT molecular complexity index is 2000. The summed E-state index contributed by atoms with van der Waals surface area (Å²) in [5.74, 6) is -4.51. The average molecular weight is 723 g/mol. The van der Waals surface area contributed by atoms with Crippen LogP contribution in [0, 0.1) is 0 Å². The minimum absolute atomic E-state index is 0.0746. The number of rotatable bonds is 5. The Morgan fingerprint density at radius 1 is 0.765 bits per heavy atom. The number of hydrogen-bond donors (Lipinski definition) is 1. The van der Waals surface area contributed by atoms with Gasteiger partial charge in [0.2, 0.25) is 0 Å². The molecule has 8 nitrogen and oxygen atoms in total. The number of alkyl halides is 9. The van der Waals surface area contributed by atoms with E-state index in [1.807, 2.05) is 0 Å². The van der Waals surface area contributed by atoms with Gasteiger partial charge in [-0.1, -0.05) is 36.4 Å². The quantitative estimate of drug-likeness (QED) is 0.174. The number of nitrogens with zero attached hydrogens (tertiary/aromatic N) is 3. The number of carbonyl (C=O) groups is 3. The van der Waals surface area contributed by atoms with E-state index in [2.05, 4.69) is 10.3 Å². The van der Waals surface area contributed by atoms with Gasteiger partial charge < -0.3 is 15.0 Å². The maximum atomic E-state index is 13.9. The van der Waals surface area contributed by atoms with Crippen LogP contribution >= 0.6 is 0 Å². The third kappa shape index (κ3) is 7.38. The van der Waals surface area contributed by atoms with E-state index < -0.39 is 59.7 Å². The summed E-state index contributed by atoms with van der Waals surface area (Å²) in [7, 11) is 0. The van der Waals surface area contributed by atoms with Gasteiger partial charge in [-0.25, -0.2) is 4.79 Å². The lowest BCUT2D eigenvalue weighted by molar-refractivity contribution is -0.220. The van der Waals surface area contributed by atoms with Crippen molar-refractivity contribution in [1.29, 1.82) is 0 Å². The van der Waals surface area contributed by atoms with Gasteiger partial charge in [-0.05, 0) is 59.2 Å². The first-order valence-electron chi connectivity index (χ1n) is 15.0. The minimum Gasteiger partial charge on any atom is -0.437 e. The Balaban J connectivity index is 1.30. The van der Waals surface area contributed by atoms with E-state index in [9.17, 15) is 53.9 Å². The molecule has 17 heteroatoms. The van der Waals surface area contributed by atoms with E-state index >= 15 is 0 Å². The van der Waals surface area contributed by atoms with Gasteiger partial charge in [-0.15, -0.1) is 0 Å². The smallest absolute Gasteiger partial charge is 0.437 e. The first-order chi connectivity index (χ1) is 23.9. The van der Waals surface area contributed by atoms with Crippen molar-refractivity contribution in [2.75, 3.05) is 18.4 Å². The number of esters is 1. The number of benzene rings is 3. The maximum absolute atomic E-state index is 13.9. The van der Waals surface area contributed by atoms with Crippen molar-refractivity contribution in [3.8, 4) is 22.3 Å². The molecule has 2 aliphatic rings. The molecule has 1 N–H and O–H groups in total. The van der Waals surface area contributed by atoms with E-state index in [1.165, 1.54) is 65.7 Å². The average Bonchev–Trinajstić information content (AvgIpc) is 3.18. The Morgan fingerprint density at radius 3 is 1.92 bits per heavy atom. The highest BCUT2D eigenvalue weighted by molar-refractivity contribution is 6.11. The first kappa shape index (κ1) is 35.4. The molecule has 2 unspecified atom stereocenters. The summed E-state index contributed by atoms with van der Waals surface area (Å²) in [6.07, 6.45) is -15.5. The number of aromatic nitrogens is 1. The van der Waals surface area contributed by atoms with Gasteiger partial charge >= 0.3 is 24.5 Å². The second-order valence-corrected chi connectivity index (χ2v) is 11.7. The SMILES string of the molecule is O=C1Nc2ccc(-c3cccc(C(F)(F)F)c3)cc2C(=O)N2CCN(Cc3ccc(-c4cccc(C(F)(F)F)c4)cn3)C(OC(=O)C(F)(F)F)C12. The maximum Gasteiger partial charge on any atom is 0.490 e. The zero-order valence-electron chi connectivity index (χ0n) is 25.7. The number of piperazine rings is 1. The lowest BCUT2D eigenvalue weighted by Gasteiger charge is -2.44. The van der Waals surface area contributed by atoms with Crippen LogP contribution in [0.2, 0.25) is 0 Å². The first-order valence-corrected chi connectivity index (χ1v) is 15.0. The van der Waals surface area contributed by atoms with Crippen molar-refractivity contribution >= 4 is 23.5 Å². The van der Waals surface area contributed by atoms with Crippen LogP contribution in [0.5, 0.6) is 0 Å². The van der Waals surface area contributed by atoms with Gasteiger partial charge in [-0.2, -0.15) is 39.5 Å². The normalized spacial score (nSPS) is 18.4. The van der Waals surface area contributed by atoms with Crippen LogP contribution in [-0.4, -0.2) is 64.1 Å². The molecule has 2 atom stereocenters. The molecule has 1 fully saturated rings. The molecular formula is C34H23F9N4O4. The summed E-state index contributed by atoms with van der Waals surface area (Å²) in [4.78, 5) is 45.9. The molecule has 0 aliphatic carbocycles. The second kappa shape index (κ2) is 13.0. The minimum atomic E-state index is -5.48. The van der Waals surface area contributed by atoms with Gasteiger partial charge in [0.05, 0.1) is 28.1 Å².